The lowest BCUT2D eigenvalue weighted by Crippen LogP contribution is -2.18. The van der Waals surface area contributed by atoms with Gasteiger partial charge in [-0.15, -0.1) is 0 Å². The van der Waals surface area contributed by atoms with Crippen LogP contribution in [0, 0.1) is 0 Å². The summed E-state index contributed by atoms with van der Waals surface area (Å²) in [7, 11) is 0. The molecule has 0 bridgehead atoms. The van der Waals surface area contributed by atoms with Crippen LogP contribution >= 0.6 is 0 Å². The maximum atomic E-state index is 13.5. The Morgan fingerprint density at radius 1 is 0.917 bits per heavy atom. The molecule has 0 aliphatic rings. The first-order valence-electron chi connectivity index (χ1n) is 10.5. The van der Waals surface area contributed by atoms with Gasteiger partial charge in [0.25, 0.3) is 5.91 Å². The van der Waals surface area contributed by atoms with Crippen LogP contribution in [0.3, 0.4) is 0 Å². The normalized spacial score (nSPS) is 12.9. The van der Waals surface area contributed by atoms with Crippen molar-refractivity contribution in [3.63, 3.8) is 0 Å². The molecule has 1 atom stereocenters. The van der Waals surface area contributed by atoms with E-state index in [-0.39, 0.29) is 17.6 Å². The Bertz CT molecular complexity index is 1380. The van der Waals surface area contributed by atoms with Crippen LogP contribution in [0.5, 0.6) is 0 Å². The Balaban J connectivity index is 1.56. The number of halogens is 6. The molecular formula is C24H17F6N5O. The topological polar surface area (TPSA) is 72.7 Å². The molecule has 0 radical (unpaired) electrons. The number of alkyl halides is 6. The van der Waals surface area contributed by atoms with E-state index in [1.54, 1.807) is 30.5 Å². The van der Waals surface area contributed by atoms with Crippen molar-refractivity contribution in [2.24, 2.45) is 0 Å². The quantitative estimate of drug-likeness (QED) is 0.326. The van der Waals surface area contributed by atoms with Gasteiger partial charge in [0, 0.05) is 30.2 Å². The van der Waals surface area contributed by atoms with Crippen molar-refractivity contribution in [1.29, 1.82) is 0 Å². The van der Waals surface area contributed by atoms with E-state index in [4.69, 9.17) is 0 Å². The molecule has 4 aromatic rings. The van der Waals surface area contributed by atoms with Crippen LogP contribution in [0.1, 0.15) is 40.1 Å². The van der Waals surface area contributed by atoms with Crippen molar-refractivity contribution in [1.82, 2.24) is 19.7 Å². The van der Waals surface area contributed by atoms with E-state index in [2.05, 4.69) is 20.4 Å². The summed E-state index contributed by atoms with van der Waals surface area (Å²) in [4.78, 5) is 20.9. The van der Waals surface area contributed by atoms with Crippen LogP contribution in [0.4, 0.5) is 32.2 Å². The van der Waals surface area contributed by atoms with Crippen molar-refractivity contribution in [3.05, 3.63) is 95.6 Å². The van der Waals surface area contributed by atoms with Crippen molar-refractivity contribution in [2.75, 3.05) is 5.32 Å². The molecule has 1 aromatic carbocycles. The fraction of sp³-hybridized carbons (Fsp3) is 0.167. The van der Waals surface area contributed by atoms with E-state index in [0.29, 0.717) is 17.3 Å². The molecule has 0 fully saturated rings. The number of pyridine rings is 2. The number of carbonyl (C=O) groups excluding carboxylic acids is 1. The van der Waals surface area contributed by atoms with E-state index in [1.165, 1.54) is 31.5 Å². The molecule has 1 amide bonds. The monoisotopic (exact) mass is 505 g/mol. The standard InChI is InChI=1S/C24H17F6N5O/c1-14(17-6-5-16(23(25,26)27)13-18(17)24(28,29)30)35-11-8-21(34-35)33-22(36)20-12-15(7-10-32-20)19-4-2-3-9-31-19/h2-14H,1H3,(H,33,34,36). The molecule has 1 N–H and O–H groups in total. The average Bonchev–Trinajstić information content (AvgIpc) is 3.31. The zero-order valence-electron chi connectivity index (χ0n) is 18.5. The Morgan fingerprint density at radius 3 is 2.36 bits per heavy atom. The SMILES string of the molecule is CC(c1ccc(C(F)(F)F)cc1C(F)(F)F)n1ccc(NC(=O)c2cc(-c3ccccn3)ccn2)n1. The minimum absolute atomic E-state index is 0.0253. The van der Waals surface area contributed by atoms with Gasteiger partial charge in [-0.2, -0.15) is 31.4 Å². The number of aromatic nitrogens is 4. The molecule has 36 heavy (non-hydrogen) atoms. The van der Waals surface area contributed by atoms with Gasteiger partial charge >= 0.3 is 12.4 Å². The minimum Gasteiger partial charge on any atom is -0.304 e. The first-order chi connectivity index (χ1) is 16.9. The molecule has 0 saturated heterocycles. The second-order valence-corrected chi connectivity index (χ2v) is 7.75. The van der Waals surface area contributed by atoms with Crippen LogP contribution in [0.2, 0.25) is 0 Å². The maximum Gasteiger partial charge on any atom is 0.416 e. The Hall–Kier alpha value is -4.22. The van der Waals surface area contributed by atoms with Gasteiger partial charge in [0.2, 0.25) is 0 Å². The second kappa shape index (κ2) is 9.44. The molecule has 186 valence electrons. The minimum atomic E-state index is -5.01. The number of hydrogen-bond donors (Lipinski definition) is 1. The molecular weight excluding hydrogens is 488 g/mol. The summed E-state index contributed by atoms with van der Waals surface area (Å²) in [5, 5.41) is 6.59. The molecule has 0 saturated carbocycles. The molecule has 4 rings (SSSR count). The summed E-state index contributed by atoms with van der Waals surface area (Å²) >= 11 is 0. The van der Waals surface area contributed by atoms with Crippen molar-refractivity contribution in [2.45, 2.75) is 25.3 Å². The summed E-state index contributed by atoms with van der Waals surface area (Å²) in [5.74, 6) is -0.589. The maximum absolute atomic E-state index is 13.5. The largest absolute Gasteiger partial charge is 0.416 e. The molecule has 12 heteroatoms. The number of hydrogen-bond acceptors (Lipinski definition) is 4. The smallest absolute Gasteiger partial charge is 0.304 e. The average molecular weight is 505 g/mol. The molecule has 6 nitrogen and oxygen atoms in total. The highest BCUT2D eigenvalue weighted by Gasteiger charge is 2.39. The molecule has 0 aliphatic heterocycles. The molecule has 1 unspecified atom stereocenters. The summed E-state index contributed by atoms with van der Waals surface area (Å²) in [5.41, 5.74) is -1.88. The lowest BCUT2D eigenvalue weighted by molar-refractivity contribution is -0.143. The van der Waals surface area contributed by atoms with Crippen LogP contribution in [0.15, 0.2) is 73.2 Å². The third-order valence-corrected chi connectivity index (χ3v) is 5.34. The number of nitrogens with zero attached hydrogens (tertiary/aromatic N) is 4. The van der Waals surface area contributed by atoms with Gasteiger partial charge in [-0.05, 0) is 48.9 Å². The number of nitrogens with one attached hydrogen (secondary N) is 1. The van der Waals surface area contributed by atoms with Gasteiger partial charge in [-0.25, -0.2) is 0 Å². The number of amides is 1. The summed E-state index contributed by atoms with van der Waals surface area (Å²) in [6.07, 6.45) is -5.59. The number of benzene rings is 1. The first-order valence-corrected chi connectivity index (χ1v) is 10.5. The number of anilines is 1. The predicted molar refractivity (Wildman–Crippen MR) is 118 cm³/mol. The predicted octanol–water partition coefficient (Wildman–Crippen LogP) is 6.24. The fourth-order valence-electron chi connectivity index (χ4n) is 3.53. The fourth-order valence-corrected chi connectivity index (χ4v) is 3.53. The Morgan fingerprint density at radius 2 is 1.69 bits per heavy atom. The van der Waals surface area contributed by atoms with Crippen molar-refractivity contribution < 1.29 is 31.1 Å². The van der Waals surface area contributed by atoms with Crippen LogP contribution < -0.4 is 5.32 Å². The third-order valence-electron chi connectivity index (χ3n) is 5.34. The third kappa shape index (κ3) is 5.37. The van der Waals surface area contributed by atoms with Gasteiger partial charge in [0.15, 0.2) is 5.82 Å². The van der Waals surface area contributed by atoms with Crippen LogP contribution in [0.25, 0.3) is 11.3 Å². The van der Waals surface area contributed by atoms with Gasteiger partial charge in [0.05, 0.1) is 22.9 Å². The number of carbonyl (C=O) groups is 1. The van der Waals surface area contributed by atoms with E-state index in [0.717, 1.165) is 10.7 Å². The van der Waals surface area contributed by atoms with Gasteiger partial charge < -0.3 is 5.32 Å². The van der Waals surface area contributed by atoms with Crippen LogP contribution in [-0.2, 0) is 12.4 Å². The van der Waals surface area contributed by atoms with E-state index < -0.39 is 41.0 Å². The summed E-state index contributed by atoms with van der Waals surface area (Å²) in [6.45, 7) is 1.36. The summed E-state index contributed by atoms with van der Waals surface area (Å²) < 4.78 is 80.7. The van der Waals surface area contributed by atoms with E-state index >= 15 is 0 Å². The number of rotatable bonds is 5. The zero-order chi connectivity index (χ0) is 26.1. The first kappa shape index (κ1) is 24.9. The lowest BCUT2D eigenvalue weighted by Gasteiger charge is -2.20. The van der Waals surface area contributed by atoms with Crippen LogP contribution in [-0.4, -0.2) is 25.7 Å². The van der Waals surface area contributed by atoms with E-state index in [9.17, 15) is 31.1 Å². The highest BCUT2D eigenvalue weighted by Crippen LogP contribution is 2.39. The Labute approximate surface area is 200 Å². The Kier molecular flexibility index (Phi) is 6.53. The molecule has 0 spiro atoms. The van der Waals surface area contributed by atoms with Gasteiger partial charge in [0.1, 0.15) is 5.69 Å². The highest BCUT2D eigenvalue weighted by molar-refractivity contribution is 6.02. The second-order valence-electron chi connectivity index (χ2n) is 7.75. The van der Waals surface area contributed by atoms with Gasteiger partial charge in [-0.1, -0.05) is 12.1 Å². The highest BCUT2D eigenvalue weighted by atomic mass is 19.4. The summed E-state index contributed by atoms with van der Waals surface area (Å²) in [6, 6.07) is 10.2. The molecule has 3 aromatic heterocycles. The van der Waals surface area contributed by atoms with E-state index in [1.807, 2.05) is 0 Å². The molecule has 0 aliphatic carbocycles. The van der Waals surface area contributed by atoms with Crippen molar-refractivity contribution >= 4 is 11.7 Å². The van der Waals surface area contributed by atoms with Gasteiger partial charge in [-0.3, -0.25) is 19.4 Å². The van der Waals surface area contributed by atoms with Crippen molar-refractivity contribution in [3.8, 4) is 11.3 Å². The molecule has 3 heterocycles. The lowest BCUT2D eigenvalue weighted by atomic mass is 9.98. The zero-order valence-corrected chi connectivity index (χ0v) is 18.5.